The van der Waals surface area contributed by atoms with Crippen LogP contribution in [0, 0.1) is 11.0 Å². The first-order valence-electron chi connectivity index (χ1n) is 5.37. The molecule has 0 unspecified atom stereocenters. The first-order chi connectivity index (χ1) is 8.66. The lowest BCUT2D eigenvalue weighted by Gasteiger charge is -2.06. The van der Waals surface area contributed by atoms with Crippen LogP contribution in [0.5, 0.6) is 0 Å². The number of nitrogens with one attached hydrogen (secondary N) is 1. The van der Waals surface area contributed by atoms with Crippen LogP contribution in [-0.4, -0.2) is 5.91 Å². The predicted molar refractivity (Wildman–Crippen MR) is 63.0 cm³/mol. The molecule has 0 aliphatic heterocycles. The second-order valence-electron chi connectivity index (χ2n) is 3.72. The van der Waals surface area contributed by atoms with Crippen molar-refractivity contribution < 1.29 is 13.9 Å². The Bertz CT molecular complexity index is 555. The molecule has 0 bridgehead atoms. The molecule has 2 rings (SSSR count). The lowest BCUT2D eigenvalue weighted by molar-refractivity contribution is -0.605. The number of hydrogen-bond donors (Lipinski definition) is 1. The van der Waals surface area contributed by atoms with E-state index in [2.05, 4.69) is 5.32 Å². The number of nitrogens with zero attached hydrogens (tertiary/aromatic N) is 1. The molecule has 1 heterocycles. The smallest absolute Gasteiger partial charge is 0.252 e. The number of halogens is 1. The molecule has 2 aromatic rings. The molecule has 0 aliphatic carbocycles. The Labute approximate surface area is 103 Å². The molecule has 92 valence electrons. The van der Waals surface area contributed by atoms with Crippen LogP contribution in [0.15, 0.2) is 48.8 Å². The molecule has 0 atom stereocenters. The van der Waals surface area contributed by atoms with Gasteiger partial charge in [0.05, 0.1) is 5.56 Å². The predicted octanol–water partition coefficient (Wildman–Crippen LogP) is 1.39. The van der Waals surface area contributed by atoms with E-state index in [1.54, 1.807) is 18.2 Å². The van der Waals surface area contributed by atoms with Gasteiger partial charge in [0.25, 0.3) is 5.91 Å². The Morgan fingerprint density at radius 1 is 1.22 bits per heavy atom. The lowest BCUT2D eigenvalue weighted by Crippen LogP contribution is -2.27. The highest BCUT2D eigenvalue weighted by Gasteiger charge is 2.07. The van der Waals surface area contributed by atoms with Crippen molar-refractivity contribution in [1.29, 1.82) is 0 Å². The van der Waals surface area contributed by atoms with E-state index in [9.17, 15) is 14.4 Å². The zero-order valence-electron chi connectivity index (χ0n) is 9.47. The van der Waals surface area contributed by atoms with Crippen LogP contribution in [0.4, 0.5) is 4.39 Å². The van der Waals surface area contributed by atoms with Gasteiger partial charge in [0, 0.05) is 24.2 Å². The maximum absolute atomic E-state index is 13.3. The molecule has 0 saturated carbocycles. The summed E-state index contributed by atoms with van der Waals surface area (Å²) in [6.45, 7) is 0.109. The molecule has 1 N–H and O–H groups in total. The van der Waals surface area contributed by atoms with Crippen LogP contribution in [0.2, 0.25) is 0 Å². The van der Waals surface area contributed by atoms with E-state index >= 15 is 0 Å². The minimum atomic E-state index is -0.358. The molecular weight excluding hydrogens is 235 g/mol. The van der Waals surface area contributed by atoms with Gasteiger partial charge in [-0.3, -0.25) is 4.79 Å². The summed E-state index contributed by atoms with van der Waals surface area (Å²) in [6, 6.07) is 9.04. The molecule has 1 amide bonds. The molecule has 0 radical (unpaired) electrons. The lowest BCUT2D eigenvalue weighted by atomic mass is 10.2. The molecule has 18 heavy (non-hydrogen) atoms. The maximum Gasteiger partial charge on any atom is 0.252 e. The molecule has 1 aromatic carbocycles. The molecular formula is C13H11FN2O2. The third kappa shape index (κ3) is 2.82. The van der Waals surface area contributed by atoms with E-state index in [1.807, 2.05) is 0 Å². The Hall–Kier alpha value is -2.43. The average Bonchev–Trinajstić information content (AvgIpc) is 2.38. The third-order valence-corrected chi connectivity index (χ3v) is 2.46. The van der Waals surface area contributed by atoms with Gasteiger partial charge in [-0.15, -0.1) is 0 Å². The van der Waals surface area contributed by atoms with E-state index in [0.717, 1.165) is 0 Å². The first-order valence-corrected chi connectivity index (χ1v) is 5.37. The summed E-state index contributed by atoms with van der Waals surface area (Å²) >= 11 is 0. The van der Waals surface area contributed by atoms with Gasteiger partial charge in [0.15, 0.2) is 12.4 Å². The fraction of sp³-hybridized carbons (Fsp3) is 0.0769. The summed E-state index contributed by atoms with van der Waals surface area (Å²) in [5.74, 6) is -0.706. The van der Waals surface area contributed by atoms with Crippen molar-refractivity contribution >= 4 is 5.91 Å². The van der Waals surface area contributed by atoms with Crippen molar-refractivity contribution in [2.45, 2.75) is 6.54 Å². The summed E-state index contributed by atoms with van der Waals surface area (Å²) in [7, 11) is 0. The van der Waals surface area contributed by atoms with E-state index in [4.69, 9.17) is 0 Å². The third-order valence-electron chi connectivity index (χ3n) is 2.46. The van der Waals surface area contributed by atoms with Crippen molar-refractivity contribution in [3.8, 4) is 0 Å². The monoisotopic (exact) mass is 246 g/mol. The SMILES string of the molecule is O=C(NCc1ccccc1F)c1cc[n+]([O-])cc1. The molecule has 0 spiro atoms. The Morgan fingerprint density at radius 3 is 2.56 bits per heavy atom. The van der Waals surface area contributed by atoms with Gasteiger partial charge in [-0.05, 0) is 6.07 Å². The van der Waals surface area contributed by atoms with Gasteiger partial charge in [0.2, 0.25) is 0 Å². The van der Waals surface area contributed by atoms with Crippen molar-refractivity contribution in [3.63, 3.8) is 0 Å². The van der Waals surface area contributed by atoms with E-state index in [1.165, 1.54) is 30.6 Å². The Kier molecular flexibility index (Phi) is 3.52. The zero-order valence-corrected chi connectivity index (χ0v) is 9.47. The van der Waals surface area contributed by atoms with Crippen molar-refractivity contribution in [3.05, 3.63) is 70.9 Å². The highest BCUT2D eigenvalue weighted by molar-refractivity contribution is 5.93. The highest BCUT2D eigenvalue weighted by atomic mass is 19.1. The number of carbonyl (C=O) groups excluding carboxylic acids is 1. The summed E-state index contributed by atoms with van der Waals surface area (Å²) in [5.41, 5.74) is 0.777. The first kappa shape index (κ1) is 12.0. The maximum atomic E-state index is 13.3. The molecule has 0 saturated heterocycles. The minimum Gasteiger partial charge on any atom is -0.619 e. The van der Waals surface area contributed by atoms with Crippen LogP contribution in [0.1, 0.15) is 15.9 Å². The van der Waals surface area contributed by atoms with Crippen LogP contribution in [0.25, 0.3) is 0 Å². The van der Waals surface area contributed by atoms with Gasteiger partial charge >= 0.3 is 0 Å². The van der Waals surface area contributed by atoms with E-state index in [0.29, 0.717) is 15.9 Å². The van der Waals surface area contributed by atoms with Crippen molar-refractivity contribution in [2.24, 2.45) is 0 Å². The fourth-order valence-corrected chi connectivity index (χ4v) is 1.48. The summed E-state index contributed by atoms with van der Waals surface area (Å²) in [4.78, 5) is 11.7. The normalized spacial score (nSPS) is 10.1. The van der Waals surface area contributed by atoms with Crippen LogP contribution >= 0.6 is 0 Å². The number of benzene rings is 1. The zero-order chi connectivity index (χ0) is 13.0. The van der Waals surface area contributed by atoms with Crippen molar-refractivity contribution in [2.75, 3.05) is 0 Å². The highest BCUT2D eigenvalue weighted by Crippen LogP contribution is 2.06. The van der Waals surface area contributed by atoms with Crippen LogP contribution in [-0.2, 0) is 6.54 Å². The van der Waals surface area contributed by atoms with Gasteiger partial charge in [-0.25, -0.2) is 4.39 Å². The topological polar surface area (TPSA) is 56.0 Å². The van der Waals surface area contributed by atoms with E-state index < -0.39 is 0 Å². The summed E-state index contributed by atoms with van der Waals surface area (Å²) in [6.07, 6.45) is 2.47. The number of carbonyl (C=O) groups is 1. The van der Waals surface area contributed by atoms with Gasteiger partial charge in [-0.1, -0.05) is 18.2 Å². The average molecular weight is 246 g/mol. The number of rotatable bonds is 3. The number of aromatic nitrogens is 1. The van der Waals surface area contributed by atoms with Crippen LogP contribution < -0.4 is 10.0 Å². The van der Waals surface area contributed by atoms with Gasteiger partial charge < -0.3 is 10.5 Å². The summed E-state index contributed by atoms with van der Waals surface area (Å²) in [5, 5.41) is 13.4. The quantitative estimate of drug-likeness (QED) is 0.657. The molecule has 4 nitrogen and oxygen atoms in total. The molecule has 0 aliphatic rings. The largest absolute Gasteiger partial charge is 0.619 e. The van der Waals surface area contributed by atoms with Crippen LogP contribution in [0.3, 0.4) is 0 Å². The van der Waals surface area contributed by atoms with E-state index in [-0.39, 0.29) is 18.3 Å². The van der Waals surface area contributed by atoms with Crippen molar-refractivity contribution in [1.82, 2.24) is 5.32 Å². The minimum absolute atomic E-state index is 0.109. The second-order valence-corrected chi connectivity index (χ2v) is 3.72. The fourth-order valence-electron chi connectivity index (χ4n) is 1.48. The standard InChI is InChI=1S/C13H11FN2O2/c14-12-4-2-1-3-11(12)9-15-13(17)10-5-7-16(18)8-6-10/h1-8H,9H2,(H,15,17). The molecule has 1 aromatic heterocycles. The Morgan fingerprint density at radius 2 is 1.89 bits per heavy atom. The van der Waals surface area contributed by atoms with Gasteiger partial charge in [0.1, 0.15) is 5.82 Å². The number of hydrogen-bond acceptors (Lipinski definition) is 2. The summed E-state index contributed by atoms with van der Waals surface area (Å²) < 4.78 is 13.9. The Balaban J connectivity index is 2.01. The molecule has 0 fully saturated rings. The van der Waals surface area contributed by atoms with Gasteiger partial charge in [-0.2, -0.15) is 4.73 Å². The molecule has 5 heteroatoms. The number of pyridine rings is 1. The second kappa shape index (κ2) is 5.27. The number of amides is 1.